The van der Waals surface area contributed by atoms with E-state index in [9.17, 15) is 5.26 Å². The first kappa shape index (κ1) is 18.3. The maximum Gasteiger partial charge on any atom is 0.0983 e. The normalized spacial score (nSPS) is 34.5. The van der Waals surface area contributed by atoms with Gasteiger partial charge < -0.3 is 0 Å². The summed E-state index contributed by atoms with van der Waals surface area (Å²) < 4.78 is 0. The van der Waals surface area contributed by atoms with Crippen molar-refractivity contribution in [1.82, 2.24) is 0 Å². The maximum atomic E-state index is 9.49. The molecule has 1 atom stereocenters. The molecule has 0 aliphatic heterocycles. The van der Waals surface area contributed by atoms with Crippen LogP contribution in [0.3, 0.4) is 0 Å². The average Bonchev–Trinajstić information content (AvgIpc) is 2.58. The van der Waals surface area contributed by atoms with Crippen molar-refractivity contribution in [2.24, 2.45) is 23.7 Å². The molecule has 0 aromatic rings. The first-order chi connectivity index (χ1) is 10.8. The van der Waals surface area contributed by atoms with Gasteiger partial charge in [-0.1, -0.05) is 71.6 Å². The summed E-state index contributed by atoms with van der Waals surface area (Å²) in [7, 11) is 0. The Hall–Kier alpha value is -0.0800. The van der Waals surface area contributed by atoms with Crippen molar-refractivity contribution >= 4 is 0 Å². The Morgan fingerprint density at radius 1 is 0.818 bits per heavy atom. The van der Waals surface area contributed by atoms with Crippen LogP contribution >= 0.6 is 0 Å². The third-order valence-corrected chi connectivity index (χ3v) is 6.63. The zero-order valence-electron chi connectivity index (χ0n) is 14.9. The molecule has 2 fully saturated rings. The van der Waals surface area contributed by atoms with Crippen molar-refractivity contribution in [3.63, 3.8) is 0 Å². The molecule has 1 unspecified atom stereocenters. The molecule has 0 saturated heterocycles. The van der Waals surface area contributed by atoms with Gasteiger partial charge in [-0.2, -0.15) is 0 Å². The van der Waals surface area contributed by atoms with Crippen LogP contribution in [0.15, 0.2) is 0 Å². The molecule has 22 heavy (non-hydrogen) atoms. The maximum absolute atomic E-state index is 9.49. The van der Waals surface area contributed by atoms with Crippen molar-refractivity contribution < 1.29 is 10.1 Å². The number of hydrogen-bond donors (Lipinski definition) is 1. The fourth-order valence-corrected chi connectivity index (χ4v) is 4.97. The fraction of sp³-hybridized carbons (Fsp3) is 1.00. The van der Waals surface area contributed by atoms with Crippen LogP contribution < -0.4 is 0 Å². The number of unbranched alkanes of at least 4 members (excludes halogenated alkanes) is 2. The minimum absolute atomic E-state index is 0.120. The quantitative estimate of drug-likeness (QED) is 0.317. The van der Waals surface area contributed by atoms with Gasteiger partial charge in [0.05, 0.1) is 6.10 Å². The Morgan fingerprint density at radius 2 is 1.36 bits per heavy atom. The Bertz CT molecular complexity index is 275. The van der Waals surface area contributed by atoms with Gasteiger partial charge in [-0.3, -0.25) is 5.26 Å². The molecule has 2 saturated carbocycles. The molecule has 130 valence electrons. The molecule has 2 rings (SSSR count). The molecular weight excluding hydrogens is 272 g/mol. The van der Waals surface area contributed by atoms with Crippen LogP contribution in [0.4, 0.5) is 0 Å². The summed E-state index contributed by atoms with van der Waals surface area (Å²) in [6.45, 7) is 4.60. The van der Waals surface area contributed by atoms with Crippen LogP contribution in [0.5, 0.6) is 0 Å². The molecule has 0 aromatic carbocycles. The average molecular weight is 311 g/mol. The summed E-state index contributed by atoms with van der Waals surface area (Å²) in [5.41, 5.74) is 0. The molecule has 0 radical (unpaired) electrons. The van der Waals surface area contributed by atoms with Crippen molar-refractivity contribution in [1.29, 1.82) is 0 Å². The SMILES string of the molecule is CCCCCC1CCC(C(OO)C2CCC(CC)CC2)CC1. The van der Waals surface area contributed by atoms with Gasteiger partial charge in [0.2, 0.25) is 0 Å². The molecule has 2 aliphatic rings. The van der Waals surface area contributed by atoms with E-state index in [4.69, 9.17) is 4.89 Å². The van der Waals surface area contributed by atoms with Crippen molar-refractivity contribution in [2.75, 3.05) is 0 Å². The Labute approximate surface area is 137 Å². The largest absolute Gasteiger partial charge is 0.252 e. The Morgan fingerprint density at radius 3 is 1.82 bits per heavy atom. The van der Waals surface area contributed by atoms with Gasteiger partial charge in [0.1, 0.15) is 0 Å². The van der Waals surface area contributed by atoms with Crippen LogP contribution in [0.1, 0.15) is 97.3 Å². The predicted octanol–water partition coefficient (Wildman–Crippen LogP) is 6.45. The molecular formula is C20H38O2. The molecule has 0 spiro atoms. The lowest BCUT2D eigenvalue weighted by Crippen LogP contribution is -2.36. The first-order valence-corrected chi connectivity index (χ1v) is 10.1. The zero-order valence-corrected chi connectivity index (χ0v) is 14.9. The van der Waals surface area contributed by atoms with E-state index in [1.165, 1.54) is 83.5 Å². The van der Waals surface area contributed by atoms with Gasteiger partial charge in [-0.15, -0.1) is 0 Å². The van der Waals surface area contributed by atoms with Crippen LogP contribution in [-0.4, -0.2) is 11.4 Å². The highest BCUT2D eigenvalue weighted by Gasteiger charge is 2.35. The van der Waals surface area contributed by atoms with E-state index >= 15 is 0 Å². The highest BCUT2D eigenvalue weighted by atomic mass is 17.1. The lowest BCUT2D eigenvalue weighted by Gasteiger charge is -2.38. The lowest BCUT2D eigenvalue weighted by atomic mass is 9.70. The standard InChI is InChI=1S/C20H38O2/c1-3-5-6-7-17-10-14-19(15-11-17)20(22-21)18-12-8-16(4-2)9-13-18/h16-21H,3-15H2,1-2H3. The third kappa shape index (κ3) is 5.23. The summed E-state index contributed by atoms with van der Waals surface area (Å²) in [4.78, 5) is 5.03. The molecule has 0 heterocycles. The second-order valence-electron chi connectivity index (χ2n) is 8.04. The van der Waals surface area contributed by atoms with Gasteiger partial charge in [0.15, 0.2) is 0 Å². The van der Waals surface area contributed by atoms with Crippen LogP contribution in [0.2, 0.25) is 0 Å². The van der Waals surface area contributed by atoms with E-state index in [0.29, 0.717) is 11.8 Å². The summed E-state index contributed by atoms with van der Waals surface area (Å²) in [5, 5.41) is 9.49. The third-order valence-electron chi connectivity index (χ3n) is 6.63. The minimum Gasteiger partial charge on any atom is -0.252 e. The van der Waals surface area contributed by atoms with E-state index in [-0.39, 0.29) is 6.10 Å². The number of rotatable bonds is 8. The van der Waals surface area contributed by atoms with Crippen molar-refractivity contribution in [3.05, 3.63) is 0 Å². The van der Waals surface area contributed by atoms with Crippen LogP contribution in [0, 0.1) is 23.7 Å². The summed E-state index contributed by atoms with van der Waals surface area (Å²) in [5.74, 6) is 3.08. The fourth-order valence-electron chi connectivity index (χ4n) is 4.97. The Kier molecular flexibility index (Phi) is 8.24. The zero-order chi connectivity index (χ0) is 15.8. The monoisotopic (exact) mass is 310 g/mol. The minimum atomic E-state index is 0.120. The van der Waals surface area contributed by atoms with Gasteiger partial charge >= 0.3 is 0 Å². The van der Waals surface area contributed by atoms with E-state index in [0.717, 1.165) is 11.8 Å². The molecule has 0 amide bonds. The highest BCUT2D eigenvalue weighted by molar-refractivity contribution is 4.85. The molecule has 2 aliphatic carbocycles. The van der Waals surface area contributed by atoms with Gasteiger partial charge in [0.25, 0.3) is 0 Å². The molecule has 2 heteroatoms. The van der Waals surface area contributed by atoms with E-state index in [1.807, 2.05) is 0 Å². The number of hydrogen-bond acceptors (Lipinski definition) is 2. The van der Waals surface area contributed by atoms with Gasteiger partial charge in [-0.05, 0) is 49.4 Å². The Balaban J connectivity index is 1.73. The topological polar surface area (TPSA) is 29.5 Å². The molecule has 0 bridgehead atoms. The van der Waals surface area contributed by atoms with E-state index < -0.39 is 0 Å². The van der Waals surface area contributed by atoms with Crippen molar-refractivity contribution in [3.8, 4) is 0 Å². The van der Waals surface area contributed by atoms with Gasteiger partial charge in [-0.25, -0.2) is 4.89 Å². The summed E-state index contributed by atoms with van der Waals surface area (Å²) >= 11 is 0. The summed E-state index contributed by atoms with van der Waals surface area (Å²) in [6.07, 6.45) is 17.5. The first-order valence-electron chi connectivity index (χ1n) is 10.1. The van der Waals surface area contributed by atoms with Crippen molar-refractivity contribution in [2.45, 2.75) is 103 Å². The second kappa shape index (κ2) is 9.93. The molecule has 2 nitrogen and oxygen atoms in total. The van der Waals surface area contributed by atoms with Crippen LogP contribution in [0.25, 0.3) is 0 Å². The van der Waals surface area contributed by atoms with Crippen LogP contribution in [-0.2, 0) is 4.89 Å². The van der Waals surface area contributed by atoms with E-state index in [2.05, 4.69) is 13.8 Å². The lowest BCUT2D eigenvalue weighted by molar-refractivity contribution is -0.307. The second-order valence-corrected chi connectivity index (χ2v) is 8.04. The highest BCUT2D eigenvalue weighted by Crippen LogP contribution is 2.41. The summed E-state index contributed by atoms with van der Waals surface area (Å²) in [6, 6.07) is 0. The smallest absolute Gasteiger partial charge is 0.0983 e. The van der Waals surface area contributed by atoms with Gasteiger partial charge in [0, 0.05) is 0 Å². The predicted molar refractivity (Wildman–Crippen MR) is 92.8 cm³/mol. The molecule has 1 N–H and O–H groups in total. The van der Waals surface area contributed by atoms with E-state index in [1.54, 1.807) is 0 Å². The molecule has 0 aromatic heterocycles.